The van der Waals surface area contributed by atoms with Crippen LogP contribution in [0.3, 0.4) is 0 Å². The normalized spacial score (nSPS) is 20.3. The highest BCUT2D eigenvalue weighted by molar-refractivity contribution is 8.00. The van der Waals surface area contributed by atoms with E-state index in [0.29, 0.717) is 16.8 Å². The number of amides is 2. The predicted octanol–water partition coefficient (Wildman–Crippen LogP) is 6.36. The average molecular weight is 595 g/mol. The molecule has 2 fully saturated rings. The smallest absolute Gasteiger partial charge is 0.330 e. The number of fused-ring (bicyclic) bond motifs is 1. The summed E-state index contributed by atoms with van der Waals surface area (Å²) >= 11 is 5.93. The molecule has 1 aromatic heterocycles. The zero-order valence-corrected chi connectivity index (χ0v) is 23.0. The maximum absolute atomic E-state index is 14.3. The van der Waals surface area contributed by atoms with Crippen molar-refractivity contribution in [3.8, 4) is 0 Å². The van der Waals surface area contributed by atoms with E-state index in [4.69, 9.17) is 16.3 Å². The first kappa shape index (κ1) is 28.3. The topological polar surface area (TPSA) is 78.1 Å². The van der Waals surface area contributed by atoms with Crippen molar-refractivity contribution in [3.63, 3.8) is 0 Å². The van der Waals surface area contributed by atoms with Crippen molar-refractivity contribution < 1.29 is 31.9 Å². The highest BCUT2D eigenvalue weighted by Gasteiger charge is 2.61. The van der Waals surface area contributed by atoms with E-state index < -0.39 is 35.2 Å². The largest absolute Gasteiger partial charge is 0.446 e. The number of rotatable bonds is 6. The average Bonchev–Trinajstić information content (AvgIpc) is 3.65. The molecule has 2 aliphatic heterocycles. The van der Waals surface area contributed by atoms with Crippen LogP contribution in [0.5, 0.6) is 0 Å². The maximum Gasteiger partial charge on any atom is 0.446 e. The van der Waals surface area contributed by atoms with Gasteiger partial charge in [0, 0.05) is 23.3 Å². The molecule has 1 N–H and O–H groups in total. The van der Waals surface area contributed by atoms with Gasteiger partial charge in [0.25, 0.3) is 5.91 Å². The molecule has 2 aromatic carbocycles. The lowest BCUT2D eigenvalue weighted by Crippen LogP contribution is -2.62. The zero-order valence-electron chi connectivity index (χ0n) is 21.4. The second-order valence-electron chi connectivity index (χ2n) is 9.88. The van der Waals surface area contributed by atoms with E-state index in [2.05, 4.69) is 10.3 Å². The number of alkyl halides is 3. The molecule has 3 aromatic rings. The van der Waals surface area contributed by atoms with E-state index in [1.165, 1.54) is 47.5 Å². The molecule has 2 unspecified atom stereocenters. The summed E-state index contributed by atoms with van der Waals surface area (Å²) in [5.74, 6) is -1.61. The number of ether oxygens (including phenoxy) is 1. The SMILES string of the molecule is Cc1ccc(F)c(C(=O)Nc2cc(CN3C4OC4N(c4ccc(SC(F)(F)F)cc4)C(=O)C3(C)C)ccn2)c1Cl. The fourth-order valence-corrected chi connectivity index (χ4v) is 5.38. The van der Waals surface area contributed by atoms with E-state index in [1.54, 1.807) is 32.9 Å². The van der Waals surface area contributed by atoms with E-state index >= 15 is 0 Å². The van der Waals surface area contributed by atoms with Gasteiger partial charge in [-0.1, -0.05) is 17.7 Å². The summed E-state index contributed by atoms with van der Waals surface area (Å²) in [6, 6.07) is 11.6. The number of benzene rings is 2. The lowest BCUT2D eigenvalue weighted by atomic mass is 9.96. The van der Waals surface area contributed by atoms with Crippen LogP contribution in [-0.2, 0) is 16.1 Å². The lowest BCUT2D eigenvalue weighted by molar-refractivity contribution is -0.132. The summed E-state index contributed by atoms with van der Waals surface area (Å²) < 4.78 is 58.2. The van der Waals surface area contributed by atoms with Crippen LogP contribution in [0.2, 0.25) is 5.02 Å². The van der Waals surface area contributed by atoms with Gasteiger partial charge in [-0.15, -0.1) is 0 Å². The highest BCUT2D eigenvalue weighted by Crippen LogP contribution is 2.45. The molecule has 2 amide bonds. The first-order valence-electron chi connectivity index (χ1n) is 12.1. The van der Waals surface area contributed by atoms with Crippen molar-refractivity contribution in [2.24, 2.45) is 0 Å². The standard InChI is InChI=1S/C27H23ClF4N4O3S/c1-14-4-9-18(29)20(21(14)28)22(37)34-19-12-15(10-11-33-19)13-35-23-24(39-23)36(25(38)26(35,2)3)16-5-7-17(8-6-16)40-27(30,31)32/h4-12,23-24H,13H2,1-3H3,(H,33,34,37). The number of carbonyl (C=O) groups is 2. The number of thioether (sulfide) groups is 1. The van der Waals surface area contributed by atoms with Gasteiger partial charge in [-0.05, 0) is 86.1 Å². The van der Waals surface area contributed by atoms with Crippen LogP contribution < -0.4 is 10.2 Å². The van der Waals surface area contributed by atoms with Gasteiger partial charge in [-0.2, -0.15) is 13.2 Å². The Morgan fingerprint density at radius 2 is 1.85 bits per heavy atom. The summed E-state index contributed by atoms with van der Waals surface area (Å²) in [7, 11) is 0. The summed E-state index contributed by atoms with van der Waals surface area (Å²) in [4.78, 5) is 33.8. The number of hydrogen-bond acceptors (Lipinski definition) is 6. The number of carbonyl (C=O) groups excluding carboxylic acids is 2. The zero-order chi connectivity index (χ0) is 29.0. The van der Waals surface area contributed by atoms with E-state index in [1.807, 2.05) is 4.90 Å². The fraction of sp³-hybridized carbons (Fsp3) is 0.296. The van der Waals surface area contributed by atoms with Crippen molar-refractivity contribution >= 4 is 46.7 Å². The number of nitrogens with one attached hydrogen (secondary N) is 1. The lowest BCUT2D eigenvalue weighted by Gasteiger charge is -2.43. The van der Waals surface area contributed by atoms with Gasteiger partial charge >= 0.3 is 5.51 Å². The quantitative estimate of drug-likeness (QED) is 0.203. The number of anilines is 2. The van der Waals surface area contributed by atoms with Crippen LogP contribution in [0, 0.1) is 12.7 Å². The molecule has 0 saturated carbocycles. The number of nitrogens with zero attached hydrogens (tertiary/aromatic N) is 3. The first-order valence-corrected chi connectivity index (χ1v) is 13.3. The summed E-state index contributed by atoms with van der Waals surface area (Å²) in [5, 5.41) is 2.58. The Bertz CT molecular complexity index is 1490. The molecule has 7 nitrogen and oxygen atoms in total. The first-order chi connectivity index (χ1) is 18.8. The number of halogens is 5. The molecule has 40 heavy (non-hydrogen) atoms. The molecular weight excluding hydrogens is 572 g/mol. The number of epoxide rings is 1. The van der Waals surface area contributed by atoms with Gasteiger partial charge in [0.1, 0.15) is 11.6 Å². The molecule has 2 atom stereocenters. The van der Waals surface area contributed by atoms with Crippen LogP contribution >= 0.6 is 23.4 Å². The minimum atomic E-state index is -4.41. The minimum absolute atomic E-state index is 0.0115. The van der Waals surface area contributed by atoms with Gasteiger partial charge < -0.3 is 10.1 Å². The Morgan fingerprint density at radius 3 is 2.52 bits per heavy atom. The molecule has 0 radical (unpaired) electrons. The second-order valence-corrected chi connectivity index (χ2v) is 11.4. The highest BCUT2D eigenvalue weighted by atomic mass is 35.5. The van der Waals surface area contributed by atoms with Crippen LogP contribution in [0.25, 0.3) is 0 Å². The Morgan fingerprint density at radius 1 is 1.15 bits per heavy atom. The van der Waals surface area contributed by atoms with Crippen LogP contribution in [0.4, 0.5) is 29.1 Å². The third kappa shape index (κ3) is 5.53. The predicted molar refractivity (Wildman–Crippen MR) is 142 cm³/mol. The van der Waals surface area contributed by atoms with Crippen LogP contribution in [-0.4, -0.2) is 45.2 Å². The third-order valence-corrected chi connectivity index (χ3v) is 7.97. The summed E-state index contributed by atoms with van der Waals surface area (Å²) in [6.07, 6.45) is 0.424. The van der Waals surface area contributed by atoms with Crippen molar-refractivity contribution in [1.82, 2.24) is 9.88 Å². The van der Waals surface area contributed by atoms with Gasteiger partial charge in [-0.3, -0.25) is 19.4 Å². The molecular formula is C27H23ClF4N4O3S. The van der Waals surface area contributed by atoms with E-state index in [0.717, 1.165) is 0 Å². The summed E-state index contributed by atoms with van der Waals surface area (Å²) in [5.41, 5.74) is -4.03. The maximum atomic E-state index is 14.3. The molecule has 0 bridgehead atoms. The monoisotopic (exact) mass is 594 g/mol. The van der Waals surface area contributed by atoms with Crippen LogP contribution in [0.15, 0.2) is 59.6 Å². The van der Waals surface area contributed by atoms with E-state index in [9.17, 15) is 27.2 Å². The van der Waals surface area contributed by atoms with Gasteiger partial charge in [0.15, 0.2) is 12.5 Å². The Labute approximate surface area is 236 Å². The number of hydrogen-bond donors (Lipinski definition) is 1. The number of piperazine rings is 1. The Kier molecular flexibility index (Phi) is 7.32. The molecule has 3 heterocycles. The number of aromatic nitrogens is 1. The Hall–Kier alpha value is -3.19. The molecule has 13 heteroatoms. The third-order valence-electron chi connectivity index (χ3n) is 6.75. The molecule has 2 saturated heterocycles. The minimum Gasteiger partial charge on any atom is -0.330 e. The molecule has 5 rings (SSSR count). The van der Waals surface area contributed by atoms with Crippen LogP contribution in [0.1, 0.15) is 35.3 Å². The number of aryl methyl sites for hydroxylation is 1. The fourth-order valence-electron chi connectivity index (χ4n) is 4.61. The molecule has 210 valence electrons. The molecule has 0 aliphatic carbocycles. The Balaban J connectivity index is 1.31. The van der Waals surface area contributed by atoms with Crippen molar-refractivity contribution in [1.29, 1.82) is 0 Å². The van der Waals surface area contributed by atoms with Crippen molar-refractivity contribution in [2.45, 2.75) is 55.7 Å². The summed E-state index contributed by atoms with van der Waals surface area (Å²) in [6.45, 7) is 5.40. The number of pyridine rings is 1. The van der Waals surface area contributed by atoms with E-state index in [-0.39, 0.29) is 45.5 Å². The second kappa shape index (κ2) is 10.3. The molecule has 0 spiro atoms. The van der Waals surface area contributed by atoms with Gasteiger partial charge in [0.2, 0.25) is 5.91 Å². The van der Waals surface area contributed by atoms with Gasteiger partial charge in [0.05, 0.1) is 16.1 Å². The van der Waals surface area contributed by atoms with Crippen molar-refractivity contribution in [2.75, 3.05) is 10.2 Å². The molecule has 2 aliphatic rings. The van der Waals surface area contributed by atoms with Gasteiger partial charge in [-0.25, -0.2) is 9.37 Å². The van der Waals surface area contributed by atoms with Crippen molar-refractivity contribution in [3.05, 3.63) is 82.3 Å².